The maximum Gasteiger partial charge on any atom is 0.255 e. The number of nitrogens with zero attached hydrogens (tertiary/aromatic N) is 1. The van der Waals surface area contributed by atoms with Gasteiger partial charge in [-0.2, -0.15) is 0 Å². The molecule has 0 radical (unpaired) electrons. The fourth-order valence-electron chi connectivity index (χ4n) is 4.43. The van der Waals surface area contributed by atoms with Gasteiger partial charge in [0.1, 0.15) is 30.5 Å². The number of para-hydroxylation sites is 1. The summed E-state index contributed by atoms with van der Waals surface area (Å²) in [4.78, 5) is 69.6. The van der Waals surface area contributed by atoms with Crippen molar-refractivity contribution in [1.29, 1.82) is 0 Å². The first kappa shape index (κ1) is 33.5. The van der Waals surface area contributed by atoms with Crippen LogP contribution in [-0.4, -0.2) is 71.8 Å². The topological polar surface area (TPSA) is 168 Å². The Balaban J connectivity index is 1.78. The fourth-order valence-corrected chi connectivity index (χ4v) is 5.25. The van der Waals surface area contributed by atoms with Crippen molar-refractivity contribution < 1.29 is 28.7 Å². The number of fused-ring (bicyclic) bond motifs is 1. The van der Waals surface area contributed by atoms with Crippen molar-refractivity contribution in [3.05, 3.63) is 45.9 Å². The van der Waals surface area contributed by atoms with E-state index in [4.69, 9.17) is 4.74 Å². The Morgan fingerprint density at radius 1 is 1.07 bits per heavy atom. The lowest BCUT2D eigenvalue weighted by molar-refractivity contribution is -0.132. The number of benzene rings is 1. The highest BCUT2D eigenvalue weighted by atomic mass is 32.1. The molecule has 4 atom stereocenters. The van der Waals surface area contributed by atoms with Crippen LogP contribution in [0.25, 0.3) is 0 Å². The summed E-state index contributed by atoms with van der Waals surface area (Å²) in [5.41, 5.74) is 1.17. The van der Waals surface area contributed by atoms with Crippen molar-refractivity contribution in [1.82, 2.24) is 31.6 Å². The third-order valence-corrected chi connectivity index (χ3v) is 7.87. The highest BCUT2D eigenvalue weighted by Gasteiger charge is 2.29. The standard InChI is InChI=1S/C30H42N6O6S/c1-17(2)26-30(41)33-18(3)15-42-23-10-7-6-9-21(23)28(39)35-22(12-13-24(37)34-20(5)27(38)36-26)29(40)31-14-8-11-25-32-19(4)16-43-25/h6-7,9-10,16-18,20,22,26H,8,11-15H2,1-5H3,(H,31,40)(H,33,41)(H,34,37)(H,35,39)(H,36,38)/t18-,20-,22-,26+/m0/s1. The predicted molar refractivity (Wildman–Crippen MR) is 163 cm³/mol. The van der Waals surface area contributed by atoms with Crippen molar-refractivity contribution in [3.63, 3.8) is 0 Å². The van der Waals surface area contributed by atoms with Crippen LogP contribution in [0, 0.1) is 12.8 Å². The van der Waals surface area contributed by atoms with E-state index in [1.54, 1.807) is 56.4 Å². The smallest absolute Gasteiger partial charge is 0.255 e. The molecular weight excluding hydrogens is 572 g/mol. The van der Waals surface area contributed by atoms with Gasteiger partial charge < -0.3 is 31.3 Å². The molecule has 5 N–H and O–H groups in total. The molecular formula is C30H42N6O6S. The average molecular weight is 615 g/mol. The molecule has 12 nitrogen and oxygen atoms in total. The number of thiazole rings is 1. The number of carbonyl (C=O) groups is 5. The largest absolute Gasteiger partial charge is 0.491 e. The molecule has 0 aliphatic carbocycles. The highest BCUT2D eigenvalue weighted by molar-refractivity contribution is 7.09. The third-order valence-electron chi connectivity index (χ3n) is 6.84. The second kappa shape index (κ2) is 16.0. The van der Waals surface area contributed by atoms with Gasteiger partial charge in [-0.25, -0.2) is 4.98 Å². The number of nitrogens with one attached hydrogen (secondary N) is 5. The van der Waals surface area contributed by atoms with E-state index < -0.39 is 47.8 Å². The number of hydrogen-bond donors (Lipinski definition) is 5. The van der Waals surface area contributed by atoms with Crippen LogP contribution in [0.3, 0.4) is 0 Å². The van der Waals surface area contributed by atoms with Crippen molar-refractivity contribution in [2.24, 2.45) is 5.92 Å². The van der Waals surface area contributed by atoms with Gasteiger partial charge in [0.25, 0.3) is 5.91 Å². The first-order valence-electron chi connectivity index (χ1n) is 14.6. The molecule has 0 unspecified atom stereocenters. The molecule has 234 valence electrons. The zero-order chi connectivity index (χ0) is 31.5. The lowest BCUT2D eigenvalue weighted by Gasteiger charge is -2.26. The molecule has 1 aliphatic heterocycles. The lowest BCUT2D eigenvalue weighted by Crippen LogP contribution is -2.56. The first-order valence-corrected chi connectivity index (χ1v) is 15.4. The summed E-state index contributed by atoms with van der Waals surface area (Å²) in [5, 5.41) is 16.7. The summed E-state index contributed by atoms with van der Waals surface area (Å²) in [7, 11) is 0. The van der Waals surface area contributed by atoms with Crippen LogP contribution in [-0.2, 0) is 25.6 Å². The van der Waals surface area contributed by atoms with E-state index in [-0.39, 0.29) is 42.6 Å². The van der Waals surface area contributed by atoms with Gasteiger partial charge in [-0.1, -0.05) is 26.0 Å². The van der Waals surface area contributed by atoms with E-state index >= 15 is 0 Å². The number of carbonyl (C=O) groups excluding carboxylic acids is 5. The van der Waals surface area contributed by atoms with Gasteiger partial charge in [0.05, 0.1) is 16.6 Å². The molecule has 1 aliphatic rings. The van der Waals surface area contributed by atoms with Crippen LogP contribution in [0.1, 0.15) is 68.0 Å². The summed E-state index contributed by atoms with van der Waals surface area (Å²) in [6.07, 6.45) is 1.24. The van der Waals surface area contributed by atoms with Crippen LogP contribution in [0.5, 0.6) is 5.75 Å². The first-order chi connectivity index (χ1) is 20.4. The van der Waals surface area contributed by atoms with E-state index in [2.05, 4.69) is 31.6 Å². The van der Waals surface area contributed by atoms with Crippen molar-refractivity contribution in [3.8, 4) is 5.75 Å². The molecule has 0 saturated heterocycles. The van der Waals surface area contributed by atoms with Crippen LogP contribution < -0.4 is 31.3 Å². The predicted octanol–water partition coefficient (Wildman–Crippen LogP) is 1.62. The minimum Gasteiger partial charge on any atom is -0.491 e. The molecule has 43 heavy (non-hydrogen) atoms. The van der Waals surface area contributed by atoms with E-state index in [0.29, 0.717) is 19.4 Å². The van der Waals surface area contributed by atoms with Crippen LogP contribution in [0.2, 0.25) is 0 Å². The van der Waals surface area contributed by atoms with Crippen LogP contribution >= 0.6 is 11.3 Å². The maximum atomic E-state index is 13.4. The Bertz CT molecular complexity index is 1300. The van der Waals surface area contributed by atoms with Gasteiger partial charge in [0.2, 0.25) is 23.6 Å². The summed E-state index contributed by atoms with van der Waals surface area (Å²) in [6.45, 7) is 9.23. The van der Waals surface area contributed by atoms with Gasteiger partial charge in [-0.05, 0) is 51.7 Å². The second-order valence-electron chi connectivity index (χ2n) is 11.1. The average Bonchev–Trinajstić information content (AvgIpc) is 3.38. The van der Waals surface area contributed by atoms with E-state index in [0.717, 1.165) is 10.7 Å². The number of hydrogen-bond acceptors (Lipinski definition) is 8. The lowest BCUT2D eigenvalue weighted by atomic mass is 10.0. The number of amides is 5. The minimum absolute atomic E-state index is 0.000500. The monoisotopic (exact) mass is 614 g/mol. The van der Waals surface area contributed by atoms with Crippen molar-refractivity contribution >= 4 is 40.9 Å². The van der Waals surface area contributed by atoms with Gasteiger partial charge in [0.15, 0.2) is 0 Å². The van der Waals surface area contributed by atoms with Crippen LogP contribution in [0.4, 0.5) is 0 Å². The molecule has 3 rings (SSSR count). The molecule has 0 bridgehead atoms. The minimum atomic E-state index is -1.01. The molecule has 0 saturated carbocycles. The number of rotatable bonds is 6. The van der Waals surface area contributed by atoms with Gasteiger partial charge in [0, 0.05) is 30.5 Å². The van der Waals surface area contributed by atoms with Gasteiger partial charge in [-0.15, -0.1) is 11.3 Å². The Morgan fingerprint density at radius 2 is 1.81 bits per heavy atom. The number of aryl methyl sites for hydroxylation is 2. The molecule has 0 spiro atoms. The Kier molecular flexibility index (Phi) is 12.5. The number of ether oxygens (including phenoxy) is 1. The van der Waals surface area contributed by atoms with Crippen LogP contribution in [0.15, 0.2) is 29.6 Å². The normalized spacial score (nSPS) is 22.6. The van der Waals surface area contributed by atoms with Crippen molar-refractivity contribution in [2.45, 2.75) is 84.5 Å². The second-order valence-corrected chi connectivity index (χ2v) is 12.0. The molecule has 2 aromatic rings. The van der Waals surface area contributed by atoms with E-state index in [1.165, 1.54) is 6.92 Å². The quantitative estimate of drug-likeness (QED) is 0.308. The number of aromatic nitrogens is 1. The Morgan fingerprint density at radius 3 is 2.51 bits per heavy atom. The zero-order valence-corrected chi connectivity index (χ0v) is 26.1. The molecule has 13 heteroatoms. The molecule has 2 heterocycles. The van der Waals surface area contributed by atoms with E-state index in [9.17, 15) is 24.0 Å². The summed E-state index contributed by atoms with van der Waals surface area (Å²) in [5.74, 6) is -2.29. The molecule has 0 fully saturated rings. The fraction of sp³-hybridized carbons (Fsp3) is 0.533. The van der Waals surface area contributed by atoms with Gasteiger partial charge >= 0.3 is 0 Å². The third kappa shape index (κ3) is 10.3. The van der Waals surface area contributed by atoms with Gasteiger partial charge in [-0.3, -0.25) is 24.0 Å². The molecule has 1 aromatic carbocycles. The molecule has 5 amide bonds. The zero-order valence-electron chi connectivity index (χ0n) is 25.3. The Labute approximate surface area is 256 Å². The van der Waals surface area contributed by atoms with E-state index in [1.807, 2.05) is 12.3 Å². The van der Waals surface area contributed by atoms with Crippen molar-refractivity contribution in [2.75, 3.05) is 13.2 Å². The summed E-state index contributed by atoms with van der Waals surface area (Å²) >= 11 is 1.57. The maximum absolute atomic E-state index is 13.4. The Hall–Kier alpha value is -4.00. The highest BCUT2D eigenvalue weighted by Crippen LogP contribution is 2.19. The SMILES string of the molecule is Cc1csc(CCCNC(=O)[C@@H]2CCC(=O)N[C@@H](C)C(=O)N[C@H](C(C)C)C(=O)N[C@@H](C)COc3ccccc3C(=O)N2)n1. The molecule has 1 aromatic heterocycles. The summed E-state index contributed by atoms with van der Waals surface area (Å²) in [6, 6.07) is 3.37. The summed E-state index contributed by atoms with van der Waals surface area (Å²) < 4.78 is 5.90.